The lowest BCUT2D eigenvalue weighted by Crippen LogP contribution is -2.12. The first kappa shape index (κ1) is 16.2. The summed E-state index contributed by atoms with van der Waals surface area (Å²) in [7, 11) is 0. The fourth-order valence-corrected chi connectivity index (χ4v) is 3.29. The van der Waals surface area contributed by atoms with Crippen molar-refractivity contribution in [1.29, 1.82) is 0 Å². The Morgan fingerprint density at radius 3 is 2.65 bits per heavy atom. The molecular weight excluding hydrogens is 351 g/mol. The van der Waals surface area contributed by atoms with Gasteiger partial charge in [-0.05, 0) is 36.4 Å². The number of halogens is 1. The Hall–Kier alpha value is -3.32. The second kappa shape index (κ2) is 6.89. The number of rotatable bonds is 4. The van der Waals surface area contributed by atoms with Gasteiger partial charge in [-0.15, -0.1) is 11.3 Å². The molecule has 0 saturated carbocycles. The van der Waals surface area contributed by atoms with E-state index in [1.165, 1.54) is 17.4 Å². The number of hydrogen-bond acceptors (Lipinski definition) is 4. The number of carbonyl (C=O) groups is 1. The largest absolute Gasteiger partial charge is 0.321 e. The molecule has 2 heterocycles. The molecule has 2 aromatic carbocycles. The zero-order valence-electron chi connectivity index (χ0n) is 13.5. The van der Waals surface area contributed by atoms with Crippen LogP contribution in [0, 0.1) is 5.82 Å². The predicted octanol–water partition coefficient (Wildman–Crippen LogP) is 4.39. The Morgan fingerprint density at radius 2 is 1.92 bits per heavy atom. The van der Waals surface area contributed by atoms with Crippen molar-refractivity contribution in [2.75, 3.05) is 5.32 Å². The molecule has 0 aliphatic rings. The van der Waals surface area contributed by atoms with Crippen LogP contribution in [0.5, 0.6) is 0 Å². The van der Waals surface area contributed by atoms with E-state index in [9.17, 15) is 9.18 Å². The third kappa shape index (κ3) is 3.25. The second-order valence-corrected chi connectivity index (χ2v) is 6.35. The molecule has 128 valence electrons. The molecule has 0 saturated heterocycles. The number of aromatic nitrogens is 3. The number of amides is 1. The van der Waals surface area contributed by atoms with Crippen LogP contribution >= 0.6 is 11.3 Å². The summed E-state index contributed by atoms with van der Waals surface area (Å²) >= 11 is 1.23. The van der Waals surface area contributed by atoms with Crippen LogP contribution in [0.1, 0.15) is 10.5 Å². The SMILES string of the molecule is O=C(Nc1ccc(-n2ccnc2)cc1)c1csc(-c2ccccc2F)n1. The van der Waals surface area contributed by atoms with Crippen molar-refractivity contribution >= 4 is 22.9 Å². The summed E-state index contributed by atoms with van der Waals surface area (Å²) in [5.41, 5.74) is 2.24. The van der Waals surface area contributed by atoms with Crippen molar-refractivity contribution in [3.63, 3.8) is 0 Å². The van der Waals surface area contributed by atoms with Gasteiger partial charge in [0, 0.05) is 34.7 Å². The summed E-state index contributed by atoms with van der Waals surface area (Å²) in [5, 5.41) is 4.89. The van der Waals surface area contributed by atoms with Crippen LogP contribution in [0.25, 0.3) is 16.3 Å². The third-order valence-corrected chi connectivity index (χ3v) is 4.64. The average molecular weight is 364 g/mol. The number of anilines is 1. The maximum Gasteiger partial charge on any atom is 0.275 e. The van der Waals surface area contributed by atoms with Crippen molar-refractivity contribution < 1.29 is 9.18 Å². The molecule has 4 rings (SSSR count). The minimum atomic E-state index is -0.358. The summed E-state index contributed by atoms with van der Waals surface area (Å²) < 4.78 is 15.7. The van der Waals surface area contributed by atoms with Gasteiger partial charge in [0.05, 0.1) is 6.33 Å². The molecule has 0 fully saturated rings. The lowest BCUT2D eigenvalue weighted by molar-refractivity contribution is 0.102. The number of thiazole rings is 1. The van der Waals surface area contributed by atoms with Gasteiger partial charge in [0.15, 0.2) is 0 Å². The van der Waals surface area contributed by atoms with Gasteiger partial charge in [-0.25, -0.2) is 14.4 Å². The van der Waals surface area contributed by atoms with Crippen molar-refractivity contribution in [3.8, 4) is 16.3 Å². The van der Waals surface area contributed by atoms with Crippen molar-refractivity contribution in [1.82, 2.24) is 14.5 Å². The van der Waals surface area contributed by atoms with E-state index in [0.717, 1.165) is 5.69 Å². The molecule has 4 aromatic rings. The molecule has 5 nitrogen and oxygen atoms in total. The maximum atomic E-state index is 13.8. The zero-order valence-corrected chi connectivity index (χ0v) is 14.3. The molecule has 0 radical (unpaired) electrons. The van der Waals surface area contributed by atoms with Gasteiger partial charge in [-0.2, -0.15) is 0 Å². The Kier molecular flexibility index (Phi) is 4.28. The van der Waals surface area contributed by atoms with Gasteiger partial charge >= 0.3 is 0 Å². The number of carbonyl (C=O) groups excluding carboxylic acids is 1. The number of imidazole rings is 1. The summed E-state index contributed by atoms with van der Waals surface area (Å²) in [6.45, 7) is 0. The van der Waals surface area contributed by atoms with E-state index < -0.39 is 0 Å². The van der Waals surface area contributed by atoms with E-state index >= 15 is 0 Å². The molecule has 7 heteroatoms. The molecule has 1 amide bonds. The summed E-state index contributed by atoms with van der Waals surface area (Å²) in [6.07, 6.45) is 5.24. The van der Waals surface area contributed by atoms with Gasteiger partial charge in [0.25, 0.3) is 5.91 Å². The van der Waals surface area contributed by atoms with E-state index in [2.05, 4.69) is 15.3 Å². The van der Waals surface area contributed by atoms with E-state index in [1.807, 2.05) is 22.9 Å². The van der Waals surface area contributed by atoms with Gasteiger partial charge in [0.1, 0.15) is 16.5 Å². The topological polar surface area (TPSA) is 59.8 Å². The number of benzene rings is 2. The number of nitrogens with one attached hydrogen (secondary N) is 1. The van der Waals surface area contributed by atoms with Crippen LogP contribution in [0.2, 0.25) is 0 Å². The Bertz CT molecular complexity index is 1040. The Balaban J connectivity index is 1.49. The normalized spacial score (nSPS) is 10.7. The highest BCUT2D eigenvalue weighted by Crippen LogP contribution is 2.26. The number of nitrogens with zero attached hydrogens (tertiary/aromatic N) is 3. The zero-order chi connectivity index (χ0) is 17.9. The first-order valence-electron chi connectivity index (χ1n) is 7.81. The Morgan fingerprint density at radius 1 is 1.12 bits per heavy atom. The van der Waals surface area contributed by atoms with Crippen LogP contribution in [-0.2, 0) is 0 Å². The van der Waals surface area contributed by atoms with Crippen LogP contribution < -0.4 is 5.32 Å². The van der Waals surface area contributed by atoms with E-state index in [0.29, 0.717) is 16.3 Å². The third-order valence-electron chi connectivity index (χ3n) is 3.77. The summed E-state index contributed by atoms with van der Waals surface area (Å²) in [4.78, 5) is 20.6. The minimum Gasteiger partial charge on any atom is -0.321 e. The summed E-state index contributed by atoms with van der Waals surface area (Å²) in [5.74, 6) is -0.692. The molecule has 1 N–H and O–H groups in total. The van der Waals surface area contributed by atoms with Gasteiger partial charge in [-0.3, -0.25) is 4.79 Å². The van der Waals surface area contributed by atoms with Gasteiger partial charge < -0.3 is 9.88 Å². The molecule has 0 bridgehead atoms. The first-order chi connectivity index (χ1) is 12.7. The predicted molar refractivity (Wildman–Crippen MR) is 99.0 cm³/mol. The smallest absolute Gasteiger partial charge is 0.275 e. The van der Waals surface area contributed by atoms with Crippen LogP contribution in [0.15, 0.2) is 72.6 Å². The quantitative estimate of drug-likeness (QED) is 0.584. The lowest BCUT2D eigenvalue weighted by atomic mass is 10.2. The number of hydrogen-bond donors (Lipinski definition) is 1. The van der Waals surface area contributed by atoms with E-state index in [4.69, 9.17) is 0 Å². The minimum absolute atomic E-state index is 0.256. The standard InChI is InChI=1S/C19H13FN4OS/c20-16-4-2-1-3-15(16)19-23-17(11-26-19)18(25)22-13-5-7-14(8-6-13)24-10-9-21-12-24/h1-12H,(H,22,25). The van der Waals surface area contributed by atoms with Gasteiger partial charge in [-0.1, -0.05) is 12.1 Å². The Labute approximate surface area is 152 Å². The first-order valence-corrected chi connectivity index (χ1v) is 8.69. The fraction of sp³-hybridized carbons (Fsp3) is 0. The lowest BCUT2D eigenvalue weighted by Gasteiger charge is -2.06. The second-order valence-electron chi connectivity index (χ2n) is 5.49. The maximum absolute atomic E-state index is 13.8. The van der Waals surface area contributed by atoms with Crippen LogP contribution in [-0.4, -0.2) is 20.4 Å². The van der Waals surface area contributed by atoms with Gasteiger partial charge in [0.2, 0.25) is 0 Å². The highest BCUT2D eigenvalue weighted by molar-refractivity contribution is 7.13. The molecule has 2 aromatic heterocycles. The monoisotopic (exact) mass is 364 g/mol. The average Bonchev–Trinajstić information content (AvgIpc) is 3.35. The molecule has 0 atom stereocenters. The highest BCUT2D eigenvalue weighted by Gasteiger charge is 2.14. The molecule has 0 unspecified atom stereocenters. The summed E-state index contributed by atoms with van der Waals surface area (Å²) in [6, 6.07) is 13.7. The van der Waals surface area contributed by atoms with Crippen molar-refractivity contribution in [3.05, 3.63) is 84.1 Å². The molecule has 26 heavy (non-hydrogen) atoms. The molecule has 0 aliphatic heterocycles. The fourth-order valence-electron chi connectivity index (χ4n) is 2.46. The van der Waals surface area contributed by atoms with Crippen LogP contribution in [0.4, 0.5) is 10.1 Å². The molecule has 0 aliphatic carbocycles. The molecular formula is C19H13FN4OS. The van der Waals surface area contributed by atoms with E-state index in [1.54, 1.807) is 48.2 Å². The van der Waals surface area contributed by atoms with Crippen molar-refractivity contribution in [2.45, 2.75) is 0 Å². The van der Waals surface area contributed by atoms with Crippen molar-refractivity contribution in [2.24, 2.45) is 0 Å². The van der Waals surface area contributed by atoms with E-state index in [-0.39, 0.29) is 17.4 Å². The highest BCUT2D eigenvalue weighted by atomic mass is 32.1. The van der Waals surface area contributed by atoms with Crippen LogP contribution in [0.3, 0.4) is 0 Å². The molecule has 0 spiro atoms.